The molecule has 0 fully saturated rings. The fourth-order valence-electron chi connectivity index (χ4n) is 0.647. The van der Waals surface area contributed by atoms with E-state index in [1.807, 2.05) is 0 Å². The molecule has 2 N–H and O–H groups in total. The summed E-state index contributed by atoms with van der Waals surface area (Å²) >= 11 is 0. The molecule has 0 aromatic rings. The fraction of sp³-hybridized carbons (Fsp3) is 0.857. The van der Waals surface area contributed by atoms with Crippen LogP contribution in [0.5, 0.6) is 0 Å². The van der Waals surface area contributed by atoms with Crippen LogP contribution in [-0.2, 0) is 9.53 Å². The van der Waals surface area contributed by atoms with Crippen molar-refractivity contribution in [3.8, 4) is 0 Å². The molecule has 11 heavy (non-hydrogen) atoms. The maximum absolute atomic E-state index is 10.7. The molecule has 0 aromatic carbocycles. The third-order valence-corrected chi connectivity index (χ3v) is 1.14. The monoisotopic (exact) mass is 187 g/mol. The molecular weight excluding hydrogens is 170 g/mol. The third kappa shape index (κ3) is 10.7. The number of hydrogen-bond donors (Lipinski definition) is 1. The third-order valence-electron chi connectivity index (χ3n) is 1.14. The zero-order valence-corrected chi connectivity index (χ0v) is 6.43. The van der Waals surface area contributed by atoms with Gasteiger partial charge >= 0.3 is 43.7 Å². The van der Waals surface area contributed by atoms with E-state index in [0.717, 1.165) is 12.8 Å². The van der Waals surface area contributed by atoms with E-state index in [4.69, 9.17) is 10.5 Å². The number of carbonyl (C=O) groups is 1. The summed E-state index contributed by atoms with van der Waals surface area (Å²) in [5, 5.41) is 0. The molecular formula is C7H17CaNO2. The molecule has 0 aliphatic heterocycles. The van der Waals surface area contributed by atoms with E-state index < -0.39 is 0 Å². The number of ether oxygens (including phenoxy) is 1. The molecule has 0 bridgehead atoms. The van der Waals surface area contributed by atoms with Gasteiger partial charge in [0.05, 0.1) is 6.61 Å². The van der Waals surface area contributed by atoms with E-state index >= 15 is 0 Å². The Labute approximate surface area is 97.7 Å². The van der Waals surface area contributed by atoms with E-state index in [1.165, 1.54) is 0 Å². The van der Waals surface area contributed by atoms with Gasteiger partial charge in [0, 0.05) is 6.42 Å². The van der Waals surface area contributed by atoms with E-state index in [9.17, 15) is 4.79 Å². The molecule has 64 valence electrons. The van der Waals surface area contributed by atoms with Crippen LogP contribution >= 0.6 is 0 Å². The molecule has 0 spiro atoms. The van der Waals surface area contributed by atoms with Gasteiger partial charge < -0.3 is 10.5 Å². The standard InChI is InChI=1S/C7H15NO2.Ca.2H/c1-2-10-7(9)5-3-4-6-8;;;/h2-6,8H2,1H3;;;. The summed E-state index contributed by atoms with van der Waals surface area (Å²) in [5.41, 5.74) is 5.24. The quantitative estimate of drug-likeness (QED) is 0.367. The van der Waals surface area contributed by atoms with Gasteiger partial charge in [-0.05, 0) is 26.3 Å². The SMILES string of the molecule is CCOC(=O)CCCCN.[CaH2]. The number of esters is 1. The van der Waals surface area contributed by atoms with Gasteiger partial charge in [-0.25, -0.2) is 0 Å². The molecule has 0 radical (unpaired) electrons. The Bertz CT molecular complexity index is 98.4. The van der Waals surface area contributed by atoms with Crippen LogP contribution in [0.15, 0.2) is 0 Å². The van der Waals surface area contributed by atoms with Gasteiger partial charge in [-0.2, -0.15) is 0 Å². The average molecular weight is 187 g/mol. The topological polar surface area (TPSA) is 52.3 Å². The van der Waals surface area contributed by atoms with Crippen LogP contribution < -0.4 is 5.73 Å². The van der Waals surface area contributed by atoms with Crippen molar-refractivity contribution in [3.05, 3.63) is 0 Å². The first-order valence-corrected chi connectivity index (χ1v) is 3.67. The predicted molar refractivity (Wildman–Crippen MR) is 48.1 cm³/mol. The van der Waals surface area contributed by atoms with Gasteiger partial charge in [0.25, 0.3) is 0 Å². The molecule has 0 amide bonds. The van der Waals surface area contributed by atoms with E-state index in [0.29, 0.717) is 19.6 Å². The number of rotatable bonds is 5. The van der Waals surface area contributed by atoms with Crippen LogP contribution in [-0.4, -0.2) is 56.9 Å². The molecule has 0 heterocycles. The van der Waals surface area contributed by atoms with Crippen molar-refractivity contribution in [2.45, 2.75) is 26.2 Å². The van der Waals surface area contributed by atoms with Crippen molar-refractivity contribution in [1.29, 1.82) is 0 Å². The number of nitrogens with two attached hydrogens (primary N) is 1. The van der Waals surface area contributed by atoms with Crippen LogP contribution in [0.25, 0.3) is 0 Å². The molecule has 4 heteroatoms. The zero-order chi connectivity index (χ0) is 7.82. The Morgan fingerprint density at radius 1 is 1.45 bits per heavy atom. The number of carbonyl (C=O) groups excluding carboxylic acids is 1. The first kappa shape index (κ1) is 14.2. The summed E-state index contributed by atoms with van der Waals surface area (Å²) in [6, 6.07) is 0. The molecule has 3 nitrogen and oxygen atoms in total. The van der Waals surface area contributed by atoms with Crippen molar-refractivity contribution < 1.29 is 9.53 Å². The van der Waals surface area contributed by atoms with Crippen LogP contribution in [0.4, 0.5) is 0 Å². The first-order valence-electron chi connectivity index (χ1n) is 3.67. The number of unbranched alkanes of at least 4 members (excludes halogenated alkanes) is 1. The van der Waals surface area contributed by atoms with E-state index in [1.54, 1.807) is 6.92 Å². The first-order chi connectivity index (χ1) is 4.81. The van der Waals surface area contributed by atoms with Gasteiger partial charge in [0.1, 0.15) is 0 Å². The van der Waals surface area contributed by atoms with Gasteiger partial charge in [0.15, 0.2) is 0 Å². The van der Waals surface area contributed by atoms with E-state index in [2.05, 4.69) is 0 Å². The number of hydrogen-bond acceptors (Lipinski definition) is 3. The van der Waals surface area contributed by atoms with Crippen LogP contribution in [0.2, 0.25) is 0 Å². The fourth-order valence-corrected chi connectivity index (χ4v) is 0.647. The van der Waals surface area contributed by atoms with E-state index in [-0.39, 0.29) is 43.7 Å². The summed E-state index contributed by atoms with van der Waals surface area (Å²) < 4.78 is 4.71. The summed E-state index contributed by atoms with van der Waals surface area (Å²) in [6.07, 6.45) is 2.25. The molecule has 0 atom stereocenters. The van der Waals surface area contributed by atoms with Gasteiger partial charge in [-0.1, -0.05) is 0 Å². The van der Waals surface area contributed by atoms with Gasteiger partial charge in [0.2, 0.25) is 0 Å². The average Bonchev–Trinajstić information content (AvgIpc) is 1.89. The van der Waals surface area contributed by atoms with Crippen LogP contribution in [0.3, 0.4) is 0 Å². The van der Waals surface area contributed by atoms with Crippen molar-refractivity contribution in [1.82, 2.24) is 0 Å². The minimum atomic E-state index is -0.115. The summed E-state index contributed by atoms with van der Waals surface area (Å²) in [6.45, 7) is 2.93. The van der Waals surface area contributed by atoms with Gasteiger partial charge in [-0.3, -0.25) is 4.79 Å². The second-order valence-corrected chi connectivity index (χ2v) is 2.05. The van der Waals surface area contributed by atoms with Crippen molar-refractivity contribution >= 4 is 43.7 Å². The second kappa shape index (κ2) is 10.7. The Morgan fingerprint density at radius 3 is 2.55 bits per heavy atom. The minimum absolute atomic E-state index is 0. The zero-order valence-electron chi connectivity index (χ0n) is 6.43. The Morgan fingerprint density at radius 2 is 2.09 bits per heavy atom. The maximum atomic E-state index is 10.7. The van der Waals surface area contributed by atoms with Crippen molar-refractivity contribution in [2.24, 2.45) is 5.73 Å². The molecule has 0 aliphatic carbocycles. The Balaban J connectivity index is 0. The Kier molecular flexibility index (Phi) is 13.8. The summed E-state index contributed by atoms with van der Waals surface area (Å²) in [7, 11) is 0. The van der Waals surface area contributed by atoms with Crippen molar-refractivity contribution in [3.63, 3.8) is 0 Å². The molecule has 0 aromatic heterocycles. The summed E-state index contributed by atoms with van der Waals surface area (Å²) in [4.78, 5) is 10.7. The molecule has 0 rings (SSSR count). The molecule has 0 saturated heterocycles. The molecule has 0 saturated carbocycles. The summed E-state index contributed by atoms with van der Waals surface area (Å²) in [5.74, 6) is -0.115. The normalized spacial score (nSPS) is 8.55. The Hall–Kier alpha value is 0.690. The van der Waals surface area contributed by atoms with Crippen LogP contribution in [0.1, 0.15) is 26.2 Å². The van der Waals surface area contributed by atoms with Gasteiger partial charge in [-0.15, -0.1) is 0 Å². The predicted octanol–water partition coefficient (Wildman–Crippen LogP) is -0.238. The molecule has 0 unspecified atom stereocenters. The van der Waals surface area contributed by atoms with Crippen LogP contribution in [0, 0.1) is 0 Å². The molecule has 0 aliphatic rings. The van der Waals surface area contributed by atoms with Crippen molar-refractivity contribution in [2.75, 3.05) is 13.2 Å². The second-order valence-electron chi connectivity index (χ2n) is 2.05.